The molecule has 1 saturated carbocycles. The monoisotopic (exact) mass is 479 g/mol. The van der Waals surface area contributed by atoms with Gasteiger partial charge in [0.05, 0.1) is 23.9 Å². The van der Waals surface area contributed by atoms with E-state index < -0.39 is 5.54 Å². The van der Waals surface area contributed by atoms with Crippen LogP contribution in [0.2, 0.25) is 0 Å². The number of carbonyl (C=O) groups is 2. The molecule has 2 amide bonds. The molecule has 2 aromatic heterocycles. The smallest absolute Gasteiger partial charge is 0.271 e. The van der Waals surface area contributed by atoms with Crippen molar-refractivity contribution < 1.29 is 14.3 Å². The van der Waals surface area contributed by atoms with Crippen molar-refractivity contribution in [3.8, 4) is 5.75 Å². The number of amides is 2. The normalized spacial score (nSPS) is 27.0. The predicted molar refractivity (Wildman–Crippen MR) is 135 cm³/mol. The highest BCUT2D eigenvalue weighted by atomic mass is 32.1. The first-order valence-corrected chi connectivity index (χ1v) is 13.0. The summed E-state index contributed by atoms with van der Waals surface area (Å²) in [4.78, 5) is 29.6. The number of nitrogens with zero attached hydrogens (tertiary/aromatic N) is 2. The molecule has 7 heteroatoms. The number of aromatic nitrogens is 1. The van der Waals surface area contributed by atoms with E-state index in [9.17, 15) is 9.59 Å². The molecule has 4 atom stereocenters. The fourth-order valence-corrected chi connectivity index (χ4v) is 6.37. The van der Waals surface area contributed by atoms with Crippen LogP contribution in [0.3, 0.4) is 0 Å². The predicted octanol–water partition coefficient (Wildman–Crippen LogP) is 5.07. The summed E-state index contributed by atoms with van der Waals surface area (Å²) >= 11 is 1.62. The van der Waals surface area contributed by atoms with E-state index in [0.29, 0.717) is 30.6 Å². The third kappa shape index (κ3) is 3.80. The maximum Gasteiger partial charge on any atom is 0.271 e. The highest BCUT2D eigenvalue weighted by Crippen LogP contribution is 2.36. The Kier molecular flexibility index (Phi) is 5.92. The molecule has 6 nitrogen and oxygen atoms in total. The van der Waals surface area contributed by atoms with E-state index in [4.69, 9.17) is 4.74 Å². The number of hydrogen-bond acceptors (Lipinski definition) is 4. The van der Waals surface area contributed by atoms with E-state index in [0.717, 1.165) is 34.4 Å². The number of methoxy groups -OCH3 is 1. The standard InChI is InChI=1S/C27H33N3O3S/c1-17-6-5-7-21(18(17)2)28-26(32)27(3)16-29-22-12-13-34-24(22)14-23(29)25(31)30(27)15-19-8-10-20(33-4)11-9-19/h8-14,17-18,21H,5-7,15-16H2,1-4H3,(H,28,32)/t17-,18-,21+,27+/m0/s1. The van der Waals surface area contributed by atoms with Gasteiger partial charge < -0.3 is 19.5 Å². The van der Waals surface area contributed by atoms with Crippen molar-refractivity contribution in [1.29, 1.82) is 0 Å². The Hall–Kier alpha value is -2.80. The summed E-state index contributed by atoms with van der Waals surface area (Å²) in [5.41, 5.74) is 1.64. The summed E-state index contributed by atoms with van der Waals surface area (Å²) in [5.74, 6) is 1.60. The van der Waals surface area contributed by atoms with Crippen LogP contribution in [0, 0.1) is 11.8 Å². The molecule has 3 heterocycles. The zero-order chi connectivity index (χ0) is 24.0. The lowest BCUT2D eigenvalue weighted by atomic mass is 9.77. The lowest BCUT2D eigenvalue weighted by Crippen LogP contribution is -2.65. The van der Waals surface area contributed by atoms with E-state index in [2.05, 4.69) is 19.2 Å². The van der Waals surface area contributed by atoms with Gasteiger partial charge in [0.1, 0.15) is 17.0 Å². The highest BCUT2D eigenvalue weighted by Gasteiger charge is 2.48. The minimum absolute atomic E-state index is 0.0666. The summed E-state index contributed by atoms with van der Waals surface area (Å²) in [7, 11) is 1.64. The topological polar surface area (TPSA) is 63.6 Å². The van der Waals surface area contributed by atoms with Crippen LogP contribution in [0.1, 0.15) is 56.1 Å². The van der Waals surface area contributed by atoms with Crippen LogP contribution >= 0.6 is 11.3 Å². The second-order valence-electron chi connectivity index (χ2n) is 10.1. The summed E-state index contributed by atoms with van der Waals surface area (Å²) in [6.07, 6.45) is 3.32. The number of fused-ring (bicyclic) bond motifs is 3. The van der Waals surface area contributed by atoms with Crippen molar-refractivity contribution >= 4 is 33.4 Å². The van der Waals surface area contributed by atoms with Gasteiger partial charge in [-0.1, -0.05) is 38.8 Å². The summed E-state index contributed by atoms with van der Waals surface area (Å²) in [6.45, 7) is 7.22. The summed E-state index contributed by atoms with van der Waals surface area (Å²) in [5, 5.41) is 5.40. The molecule has 180 valence electrons. The lowest BCUT2D eigenvalue weighted by molar-refractivity contribution is -0.134. The van der Waals surface area contributed by atoms with E-state index >= 15 is 0 Å². The molecule has 1 aliphatic carbocycles. The van der Waals surface area contributed by atoms with Gasteiger partial charge in [-0.15, -0.1) is 11.3 Å². The molecule has 5 rings (SSSR count). The molecule has 0 radical (unpaired) electrons. The fraction of sp³-hybridized carbons (Fsp3) is 0.481. The van der Waals surface area contributed by atoms with Gasteiger partial charge in [-0.3, -0.25) is 9.59 Å². The number of nitrogens with one attached hydrogen (secondary N) is 1. The van der Waals surface area contributed by atoms with Gasteiger partial charge in [-0.2, -0.15) is 0 Å². The van der Waals surface area contributed by atoms with Crippen molar-refractivity contribution in [1.82, 2.24) is 14.8 Å². The molecule has 3 aromatic rings. The van der Waals surface area contributed by atoms with Crippen LogP contribution in [0.4, 0.5) is 0 Å². The Labute approximate surface area is 204 Å². The Bertz CT molecular complexity index is 1210. The Morgan fingerprint density at radius 3 is 2.71 bits per heavy atom. The SMILES string of the molecule is COc1ccc(CN2C(=O)c3cc4sccc4n3C[C@]2(C)C(=O)N[C@@H]2CCC[C@H](C)[C@@H]2C)cc1. The molecule has 2 aliphatic rings. The molecule has 0 bridgehead atoms. The van der Waals surface area contributed by atoms with Crippen LogP contribution in [-0.2, 0) is 17.9 Å². The third-order valence-electron chi connectivity index (χ3n) is 8.06. The number of benzene rings is 1. The highest BCUT2D eigenvalue weighted by molar-refractivity contribution is 7.17. The zero-order valence-electron chi connectivity index (χ0n) is 20.3. The maximum absolute atomic E-state index is 14.0. The van der Waals surface area contributed by atoms with E-state index in [1.165, 1.54) is 6.42 Å². The van der Waals surface area contributed by atoms with E-state index in [1.807, 2.05) is 53.3 Å². The van der Waals surface area contributed by atoms with E-state index in [1.54, 1.807) is 23.3 Å². The number of rotatable bonds is 5. The van der Waals surface area contributed by atoms with Gasteiger partial charge in [0.2, 0.25) is 5.91 Å². The molecule has 1 fully saturated rings. The average molecular weight is 480 g/mol. The molecule has 1 aromatic carbocycles. The molecule has 1 aliphatic heterocycles. The maximum atomic E-state index is 14.0. The van der Waals surface area contributed by atoms with Gasteiger partial charge in [0.25, 0.3) is 5.91 Å². The minimum Gasteiger partial charge on any atom is -0.497 e. The van der Waals surface area contributed by atoms with E-state index in [-0.39, 0.29) is 17.9 Å². The Balaban J connectivity index is 1.51. The molecule has 34 heavy (non-hydrogen) atoms. The minimum atomic E-state index is -1.00. The average Bonchev–Trinajstić information content (AvgIpc) is 3.42. The number of carbonyl (C=O) groups excluding carboxylic acids is 2. The van der Waals surface area contributed by atoms with Crippen LogP contribution in [0.15, 0.2) is 41.8 Å². The van der Waals surface area contributed by atoms with Crippen molar-refractivity contribution in [2.75, 3.05) is 7.11 Å². The number of thiophene rings is 1. The van der Waals surface area contributed by atoms with Gasteiger partial charge >= 0.3 is 0 Å². The Morgan fingerprint density at radius 1 is 1.21 bits per heavy atom. The first-order valence-electron chi connectivity index (χ1n) is 12.1. The second kappa shape index (κ2) is 8.77. The van der Waals surface area contributed by atoms with Crippen LogP contribution < -0.4 is 10.1 Å². The van der Waals surface area contributed by atoms with Crippen molar-refractivity contribution in [3.63, 3.8) is 0 Å². The van der Waals surface area contributed by atoms with Crippen LogP contribution in [0.5, 0.6) is 5.75 Å². The number of ether oxygens (including phenoxy) is 1. The Morgan fingerprint density at radius 2 is 1.97 bits per heavy atom. The largest absolute Gasteiger partial charge is 0.497 e. The molecule has 0 unspecified atom stereocenters. The summed E-state index contributed by atoms with van der Waals surface area (Å²) in [6, 6.07) is 11.8. The molecular weight excluding hydrogens is 446 g/mol. The second-order valence-corrected chi connectivity index (χ2v) is 11.1. The van der Waals surface area contributed by atoms with Crippen molar-refractivity contribution in [2.45, 2.75) is 64.7 Å². The van der Waals surface area contributed by atoms with Crippen LogP contribution in [-0.4, -0.2) is 40.0 Å². The van der Waals surface area contributed by atoms with Crippen LogP contribution in [0.25, 0.3) is 10.2 Å². The van der Waals surface area contributed by atoms with Gasteiger partial charge in [-0.25, -0.2) is 0 Å². The molecular formula is C27H33N3O3S. The van der Waals surface area contributed by atoms with Gasteiger partial charge in [0, 0.05) is 12.6 Å². The molecule has 0 saturated heterocycles. The van der Waals surface area contributed by atoms with Gasteiger partial charge in [-0.05, 0) is 60.4 Å². The van der Waals surface area contributed by atoms with Crippen molar-refractivity contribution in [3.05, 3.63) is 53.0 Å². The third-order valence-corrected chi connectivity index (χ3v) is 8.91. The quantitative estimate of drug-likeness (QED) is 0.556. The van der Waals surface area contributed by atoms with Gasteiger partial charge in [0.15, 0.2) is 0 Å². The fourth-order valence-electron chi connectivity index (χ4n) is 5.54. The lowest BCUT2D eigenvalue weighted by Gasteiger charge is -2.45. The first kappa shape index (κ1) is 23.0. The molecule has 1 N–H and O–H groups in total. The summed E-state index contributed by atoms with van der Waals surface area (Å²) < 4.78 is 8.40. The zero-order valence-corrected chi connectivity index (χ0v) is 21.2. The first-order chi connectivity index (χ1) is 16.3. The van der Waals surface area contributed by atoms with Crippen molar-refractivity contribution in [2.24, 2.45) is 11.8 Å². The number of hydrogen-bond donors (Lipinski definition) is 1. The molecule has 0 spiro atoms.